The van der Waals surface area contributed by atoms with Crippen LogP contribution in [0.4, 0.5) is 0 Å². The van der Waals surface area contributed by atoms with Gasteiger partial charge >= 0.3 is 0 Å². The summed E-state index contributed by atoms with van der Waals surface area (Å²) < 4.78 is 1.92. The fraction of sp³-hybridized carbons (Fsp3) is 0.417. The summed E-state index contributed by atoms with van der Waals surface area (Å²) >= 11 is 3.50. The molecule has 2 atom stereocenters. The molecule has 2 heterocycles. The molecule has 2 N–H and O–H groups in total. The zero-order chi connectivity index (χ0) is 12.4. The standard InChI is InChI=1S/C12H17N3S2/c1-8-6-11(15(3)14-8)17-12(9(2)13)10-4-5-16-7-10/h4-7,9,12H,13H2,1-3H3. The highest BCUT2D eigenvalue weighted by Gasteiger charge is 2.19. The summed E-state index contributed by atoms with van der Waals surface area (Å²) in [5, 5.41) is 10.1. The Morgan fingerprint density at radius 1 is 1.53 bits per heavy atom. The summed E-state index contributed by atoms with van der Waals surface area (Å²) in [5.41, 5.74) is 8.43. The highest BCUT2D eigenvalue weighted by Crippen LogP contribution is 2.37. The van der Waals surface area contributed by atoms with Gasteiger partial charge in [0, 0.05) is 13.1 Å². The number of aryl methyl sites for hydroxylation is 2. The molecule has 2 aromatic rings. The quantitative estimate of drug-likeness (QED) is 0.866. The Balaban J connectivity index is 2.22. The van der Waals surface area contributed by atoms with Gasteiger partial charge in [0.1, 0.15) is 0 Å². The smallest absolute Gasteiger partial charge is 0.0945 e. The van der Waals surface area contributed by atoms with Gasteiger partial charge in [0.25, 0.3) is 0 Å². The van der Waals surface area contributed by atoms with Crippen molar-refractivity contribution in [1.29, 1.82) is 0 Å². The minimum Gasteiger partial charge on any atom is -0.327 e. The first kappa shape index (κ1) is 12.7. The maximum absolute atomic E-state index is 6.09. The van der Waals surface area contributed by atoms with E-state index in [1.165, 1.54) is 5.56 Å². The molecule has 0 amide bonds. The summed E-state index contributed by atoms with van der Waals surface area (Å²) in [4.78, 5) is 0. The summed E-state index contributed by atoms with van der Waals surface area (Å²) in [6.07, 6.45) is 0. The average molecular weight is 267 g/mol. The van der Waals surface area contributed by atoms with Gasteiger partial charge in [-0.2, -0.15) is 16.4 Å². The Labute approximate surface area is 110 Å². The van der Waals surface area contributed by atoms with E-state index in [2.05, 4.69) is 34.9 Å². The summed E-state index contributed by atoms with van der Waals surface area (Å²) in [7, 11) is 1.97. The monoisotopic (exact) mass is 267 g/mol. The van der Waals surface area contributed by atoms with Crippen molar-refractivity contribution in [1.82, 2.24) is 9.78 Å². The molecule has 0 aliphatic rings. The first-order valence-electron chi connectivity index (χ1n) is 5.53. The van der Waals surface area contributed by atoms with Crippen LogP contribution in [0.15, 0.2) is 27.9 Å². The van der Waals surface area contributed by atoms with Gasteiger partial charge < -0.3 is 5.73 Å². The highest BCUT2D eigenvalue weighted by atomic mass is 32.2. The molecule has 0 spiro atoms. The zero-order valence-electron chi connectivity index (χ0n) is 10.3. The molecule has 0 radical (unpaired) electrons. The van der Waals surface area contributed by atoms with Gasteiger partial charge in [0.05, 0.1) is 16.0 Å². The maximum Gasteiger partial charge on any atom is 0.0945 e. The fourth-order valence-corrected chi connectivity index (χ4v) is 3.72. The van der Waals surface area contributed by atoms with Crippen molar-refractivity contribution in [2.75, 3.05) is 0 Å². The molecule has 0 aromatic carbocycles. The molecule has 0 aliphatic heterocycles. The first-order chi connectivity index (χ1) is 8.08. The Morgan fingerprint density at radius 3 is 2.76 bits per heavy atom. The number of thiophene rings is 1. The van der Waals surface area contributed by atoms with Gasteiger partial charge in [-0.05, 0) is 42.3 Å². The second-order valence-corrected chi connectivity index (χ2v) is 6.14. The molecule has 2 unspecified atom stereocenters. The Bertz CT molecular complexity index is 474. The molecule has 0 bridgehead atoms. The van der Waals surface area contributed by atoms with Crippen LogP contribution in [0.25, 0.3) is 0 Å². The molecule has 2 aromatic heterocycles. The highest BCUT2D eigenvalue weighted by molar-refractivity contribution is 7.99. The molecule has 0 saturated carbocycles. The van der Waals surface area contributed by atoms with Gasteiger partial charge in [-0.25, -0.2) is 0 Å². The fourth-order valence-electron chi connectivity index (χ4n) is 1.74. The second kappa shape index (κ2) is 5.25. The summed E-state index contributed by atoms with van der Waals surface area (Å²) in [6, 6.07) is 4.37. The van der Waals surface area contributed by atoms with Crippen LogP contribution in [-0.4, -0.2) is 15.8 Å². The third kappa shape index (κ3) is 2.91. The first-order valence-corrected chi connectivity index (χ1v) is 7.35. The Morgan fingerprint density at radius 2 is 2.29 bits per heavy atom. The SMILES string of the molecule is Cc1cc(SC(c2ccsc2)C(C)N)n(C)n1. The van der Waals surface area contributed by atoms with Crippen molar-refractivity contribution >= 4 is 23.1 Å². The maximum atomic E-state index is 6.09. The number of thioether (sulfide) groups is 1. The molecular weight excluding hydrogens is 250 g/mol. The number of hydrogen-bond acceptors (Lipinski definition) is 4. The molecule has 3 nitrogen and oxygen atoms in total. The molecular formula is C12H17N3S2. The van der Waals surface area contributed by atoms with E-state index in [0.29, 0.717) is 0 Å². The van der Waals surface area contributed by atoms with Crippen molar-refractivity contribution in [3.8, 4) is 0 Å². The average Bonchev–Trinajstić information content (AvgIpc) is 2.84. The number of rotatable bonds is 4. The zero-order valence-corrected chi connectivity index (χ0v) is 11.9. The van der Waals surface area contributed by atoms with E-state index in [0.717, 1.165) is 10.7 Å². The molecule has 2 rings (SSSR count). The minimum atomic E-state index is 0.116. The topological polar surface area (TPSA) is 43.8 Å². The number of nitrogens with two attached hydrogens (primary N) is 1. The van der Waals surface area contributed by atoms with Crippen LogP contribution in [-0.2, 0) is 7.05 Å². The van der Waals surface area contributed by atoms with E-state index >= 15 is 0 Å². The van der Waals surface area contributed by atoms with Crippen LogP contribution in [0.3, 0.4) is 0 Å². The largest absolute Gasteiger partial charge is 0.327 e. The summed E-state index contributed by atoms with van der Waals surface area (Å²) in [5.74, 6) is 0. The lowest BCUT2D eigenvalue weighted by atomic mass is 10.1. The van der Waals surface area contributed by atoms with Crippen molar-refractivity contribution in [3.05, 3.63) is 34.2 Å². The van der Waals surface area contributed by atoms with Crippen LogP contribution in [0.5, 0.6) is 0 Å². The van der Waals surface area contributed by atoms with Crippen LogP contribution < -0.4 is 5.73 Å². The Hall–Kier alpha value is -0.780. The predicted octanol–water partition coefficient (Wildman–Crippen LogP) is 2.97. The predicted molar refractivity (Wildman–Crippen MR) is 74.5 cm³/mol. The van der Waals surface area contributed by atoms with E-state index in [1.807, 2.05) is 18.7 Å². The van der Waals surface area contributed by atoms with Gasteiger partial charge in [0.15, 0.2) is 0 Å². The van der Waals surface area contributed by atoms with E-state index in [4.69, 9.17) is 5.73 Å². The number of hydrogen-bond donors (Lipinski definition) is 1. The lowest BCUT2D eigenvalue weighted by Crippen LogP contribution is -2.22. The molecule has 0 aliphatic carbocycles. The van der Waals surface area contributed by atoms with Crippen molar-refractivity contribution in [2.24, 2.45) is 12.8 Å². The normalized spacial score (nSPS) is 14.8. The van der Waals surface area contributed by atoms with E-state index in [-0.39, 0.29) is 11.3 Å². The summed E-state index contributed by atoms with van der Waals surface area (Å²) in [6.45, 7) is 4.06. The lowest BCUT2D eigenvalue weighted by Gasteiger charge is -2.19. The van der Waals surface area contributed by atoms with Crippen LogP contribution in [0.1, 0.15) is 23.4 Å². The van der Waals surface area contributed by atoms with E-state index in [9.17, 15) is 0 Å². The van der Waals surface area contributed by atoms with Crippen molar-refractivity contribution in [2.45, 2.75) is 30.2 Å². The molecule has 0 saturated heterocycles. The van der Waals surface area contributed by atoms with Crippen molar-refractivity contribution < 1.29 is 0 Å². The molecule has 17 heavy (non-hydrogen) atoms. The van der Waals surface area contributed by atoms with Crippen LogP contribution >= 0.6 is 23.1 Å². The van der Waals surface area contributed by atoms with Gasteiger partial charge in [-0.15, -0.1) is 0 Å². The number of aromatic nitrogens is 2. The van der Waals surface area contributed by atoms with Gasteiger partial charge in [-0.1, -0.05) is 11.8 Å². The lowest BCUT2D eigenvalue weighted by molar-refractivity contribution is 0.680. The molecule has 0 fully saturated rings. The van der Waals surface area contributed by atoms with E-state index < -0.39 is 0 Å². The third-order valence-electron chi connectivity index (χ3n) is 2.56. The second-order valence-electron chi connectivity index (χ2n) is 4.20. The molecule has 5 heteroatoms. The van der Waals surface area contributed by atoms with Crippen LogP contribution in [0.2, 0.25) is 0 Å². The van der Waals surface area contributed by atoms with Crippen LogP contribution in [0, 0.1) is 6.92 Å². The molecule has 92 valence electrons. The minimum absolute atomic E-state index is 0.116. The third-order valence-corrected chi connectivity index (χ3v) is 4.84. The Kier molecular flexibility index (Phi) is 3.91. The van der Waals surface area contributed by atoms with Crippen molar-refractivity contribution in [3.63, 3.8) is 0 Å². The van der Waals surface area contributed by atoms with Gasteiger partial charge in [-0.3, -0.25) is 4.68 Å². The van der Waals surface area contributed by atoms with Gasteiger partial charge in [0.2, 0.25) is 0 Å². The van der Waals surface area contributed by atoms with E-state index in [1.54, 1.807) is 23.1 Å². The number of nitrogens with zero attached hydrogens (tertiary/aromatic N) is 2.